The molecule has 0 fully saturated rings. The Balaban J connectivity index is 0.000000180. The molecule has 0 saturated carbocycles. The molecule has 4 rings (SSSR count). The Morgan fingerprint density at radius 3 is 1.81 bits per heavy atom. The van der Waals surface area contributed by atoms with Gasteiger partial charge in [-0.1, -0.05) is 44.7 Å². The largest absolute Gasteiger partial charge is 2.00 e. The van der Waals surface area contributed by atoms with Crippen LogP contribution in [0.5, 0.6) is 0 Å². The van der Waals surface area contributed by atoms with E-state index in [2.05, 4.69) is 38.0 Å². The van der Waals surface area contributed by atoms with Gasteiger partial charge in [0.05, 0.1) is 0 Å². The van der Waals surface area contributed by atoms with Crippen molar-refractivity contribution in [1.82, 2.24) is 9.97 Å². The summed E-state index contributed by atoms with van der Waals surface area (Å²) >= 11 is 3.41. The molecule has 0 radical (unpaired) electrons. The van der Waals surface area contributed by atoms with Crippen LogP contribution in [0.15, 0.2) is 95.7 Å². The van der Waals surface area contributed by atoms with Crippen LogP contribution in [0.1, 0.15) is 0 Å². The number of pyridine rings is 2. The Morgan fingerprint density at radius 2 is 1.27 bits per heavy atom. The second-order valence-corrected chi connectivity index (χ2v) is 6.04. The molecule has 0 atom stereocenters. The van der Waals surface area contributed by atoms with Crippen LogP contribution in [-0.2, 0) is 20.4 Å². The fourth-order valence-electron chi connectivity index (χ4n) is 2.18. The number of halogens is 1. The van der Waals surface area contributed by atoms with Crippen molar-refractivity contribution >= 4 is 15.9 Å². The Morgan fingerprint density at radius 1 is 0.654 bits per heavy atom. The summed E-state index contributed by atoms with van der Waals surface area (Å²) < 4.78 is 1.05. The van der Waals surface area contributed by atoms with Crippen LogP contribution in [0.3, 0.4) is 0 Å². The zero-order valence-electron chi connectivity index (χ0n) is 13.7. The smallest absolute Gasteiger partial charge is 0.305 e. The topological polar surface area (TPSA) is 25.8 Å². The van der Waals surface area contributed by atoms with Gasteiger partial charge in [0.2, 0.25) is 0 Å². The molecule has 26 heavy (non-hydrogen) atoms. The van der Waals surface area contributed by atoms with E-state index in [1.54, 1.807) is 12.4 Å². The van der Waals surface area contributed by atoms with Gasteiger partial charge >= 0.3 is 20.4 Å². The molecule has 4 heteroatoms. The normalized spacial score (nSPS) is 9.42. The van der Waals surface area contributed by atoms with Gasteiger partial charge in [-0.3, -0.25) is 0 Å². The number of nitrogens with zero attached hydrogens (tertiary/aromatic N) is 2. The molecule has 0 saturated heterocycles. The molecule has 2 aromatic heterocycles. The second-order valence-electron chi connectivity index (χ2n) is 5.13. The van der Waals surface area contributed by atoms with Crippen LogP contribution in [0.4, 0.5) is 0 Å². The van der Waals surface area contributed by atoms with Gasteiger partial charge in [0.15, 0.2) is 0 Å². The zero-order valence-corrected chi connectivity index (χ0v) is 16.9. The first-order chi connectivity index (χ1) is 12.3. The van der Waals surface area contributed by atoms with E-state index in [1.807, 2.05) is 78.9 Å². The van der Waals surface area contributed by atoms with Crippen molar-refractivity contribution in [3.8, 4) is 22.5 Å². The average molecular weight is 494 g/mol. The summed E-state index contributed by atoms with van der Waals surface area (Å²) in [6.07, 6.45) is 3.57. The van der Waals surface area contributed by atoms with E-state index in [1.165, 1.54) is 0 Å². The molecule has 0 amide bonds. The maximum absolute atomic E-state index is 4.24. The van der Waals surface area contributed by atoms with E-state index in [4.69, 9.17) is 0 Å². The van der Waals surface area contributed by atoms with Gasteiger partial charge in [-0.2, -0.15) is 0 Å². The summed E-state index contributed by atoms with van der Waals surface area (Å²) in [7, 11) is 0. The molecule has 4 aromatic rings. The van der Waals surface area contributed by atoms with E-state index in [0.717, 1.165) is 27.0 Å². The molecule has 2 nitrogen and oxygen atoms in total. The third-order valence-electron chi connectivity index (χ3n) is 3.35. The molecule has 0 aliphatic rings. The van der Waals surface area contributed by atoms with E-state index < -0.39 is 0 Å². The Kier molecular flexibility index (Phi) is 8.37. The predicted molar refractivity (Wildman–Crippen MR) is 105 cm³/mol. The van der Waals surface area contributed by atoms with Crippen molar-refractivity contribution in [3.63, 3.8) is 0 Å². The Bertz CT molecular complexity index is 863. The summed E-state index contributed by atoms with van der Waals surface area (Å²) in [5.41, 5.74) is 3.97. The van der Waals surface area contributed by atoms with E-state index in [-0.39, 0.29) is 20.4 Å². The Labute approximate surface area is 176 Å². The number of hydrogen-bond acceptors (Lipinski definition) is 2. The van der Waals surface area contributed by atoms with Gasteiger partial charge in [-0.15, -0.1) is 65.7 Å². The number of benzene rings is 2. The van der Waals surface area contributed by atoms with Crippen molar-refractivity contribution < 1.29 is 20.4 Å². The third-order valence-corrected chi connectivity index (χ3v) is 3.85. The van der Waals surface area contributed by atoms with Crippen molar-refractivity contribution in [3.05, 3.63) is 108 Å². The quantitative estimate of drug-likeness (QED) is 0.258. The van der Waals surface area contributed by atoms with Gasteiger partial charge in [0.1, 0.15) is 0 Å². The molecule has 130 valence electrons. The average Bonchev–Trinajstić information content (AvgIpc) is 2.71. The summed E-state index contributed by atoms with van der Waals surface area (Å²) in [5, 5.41) is 0. The van der Waals surface area contributed by atoms with E-state index in [9.17, 15) is 0 Å². The maximum Gasteiger partial charge on any atom is 2.00 e. The predicted octanol–water partition coefficient (Wildman–Crippen LogP) is 5.86. The molecule has 2 heterocycles. The Hall–Kier alpha value is -2.12. The zero-order chi connectivity index (χ0) is 17.3. The SMILES string of the molecule is Brc1cc[c-]c(-c2ccccn2)c1.[Pd+2].[c-]1ccccc1-c1ccccn1. The fraction of sp³-hybridized carbons (Fsp3) is 0. The van der Waals surface area contributed by atoms with Crippen LogP contribution >= 0.6 is 15.9 Å². The van der Waals surface area contributed by atoms with Crippen molar-refractivity contribution in [2.75, 3.05) is 0 Å². The van der Waals surface area contributed by atoms with Gasteiger partial charge in [0.25, 0.3) is 0 Å². The van der Waals surface area contributed by atoms with Crippen LogP contribution in [-0.4, -0.2) is 9.97 Å². The van der Waals surface area contributed by atoms with Crippen LogP contribution in [0.25, 0.3) is 22.5 Å². The van der Waals surface area contributed by atoms with Crippen LogP contribution < -0.4 is 0 Å². The summed E-state index contributed by atoms with van der Waals surface area (Å²) in [4.78, 5) is 8.46. The second kappa shape index (κ2) is 10.8. The van der Waals surface area contributed by atoms with Gasteiger partial charge in [-0.05, 0) is 23.5 Å². The van der Waals surface area contributed by atoms with Gasteiger partial charge < -0.3 is 9.97 Å². The third kappa shape index (κ3) is 6.00. The van der Waals surface area contributed by atoms with Gasteiger partial charge in [0, 0.05) is 12.4 Å². The van der Waals surface area contributed by atoms with Crippen LogP contribution in [0.2, 0.25) is 0 Å². The number of aromatic nitrogens is 2. The minimum absolute atomic E-state index is 0. The first-order valence-corrected chi connectivity index (χ1v) is 8.59. The van der Waals surface area contributed by atoms with Crippen molar-refractivity contribution in [1.29, 1.82) is 0 Å². The minimum Gasteiger partial charge on any atom is -0.305 e. The monoisotopic (exact) mass is 492 g/mol. The van der Waals surface area contributed by atoms with E-state index in [0.29, 0.717) is 0 Å². The molecule has 0 bridgehead atoms. The standard InChI is InChI=1S/C11H7BrN.C11H8N.Pd/c12-10-5-3-4-9(8-10)11-6-1-2-7-13-11;1-2-6-10(7-3-1)11-8-4-5-9-12-11;/h1-3,5-8H;1-6,8-9H;/q2*-1;+2. The molecule has 0 spiro atoms. The number of hydrogen-bond donors (Lipinski definition) is 0. The first-order valence-electron chi connectivity index (χ1n) is 7.80. The molecule has 0 N–H and O–H groups in total. The van der Waals surface area contributed by atoms with Crippen molar-refractivity contribution in [2.24, 2.45) is 0 Å². The summed E-state index contributed by atoms with van der Waals surface area (Å²) in [6, 6.07) is 31.6. The molecular formula is C22H15BrN2Pd. The maximum atomic E-state index is 4.24. The number of rotatable bonds is 2. The first kappa shape index (κ1) is 20.2. The van der Waals surface area contributed by atoms with Crippen molar-refractivity contribution in [2.45, 2.75) is 0 Å². The van der Waals surface area contributed by atoms with Crippen LogP contribution in [0, 0.1) is 12.1 Å². The molecule has 2 aromatic carbocycles. The fourth-order valence-corrected chi connectivity index (χ4v) is 2.54. The van der Waals surface area contributed by atoms with Gasteiger partial charge in [-0.25, -0.2) is 0 Å². The molecule has 0 unspecified atom stereocenters. The van der Waals surface area contributed by atoms with E-state index >= 15 is 0 Å². The molecule has 0 aliphatic heterocycles. The molecule has 0 aliphatic carbocycles. The minimum atomic E-state index is 0. The molecular weight excluding hydrogens is 479 g/mol. The summed E-state index contributed by atoms with van der Waals surface area (Å²) in [6.45, 7) is 0. The summed E-state index contributed by atoms with van der Waals surface area (Å²) in [5.74, 6) is 0.